The van der Waals surface area contributed by atoms with Crippen molar-refractivity contribution in [2.75, 3.05) is 11.4 Å². The fraction of sp³-hybridized carbons (Fsp3) is 0.481. The Hall–Kier alpha value is -6.50. The number of hydrogen-bond donors (Lipinski definition) is 7. The Bertz CT molecular complexity index is 2650. The molecule has 0 aliphatic carbocycles. The minimum atomic E-state index is -1.08. The average Bonchev–Trinajstić information content (AvgIpc) is 4.06. The van der Waals surface area contributed by atoms with E-state index in [9.17, 15) is 38.7 Å². The summed E-state index contributed by atoms with van der Waals surface area (Å²) < 4.78 is 0. The number of aliphatic hydroxyl groups excluding tert-OH is 1. The Morgan fingerprint density at radius 3 is 2.31 bits per heavy atom. The smallest absolute Gasteiger partial charge is 0.246 e. The first kappa shape index (κ1) is 53.3. The largest absolute Gasteiger partial charge is 0.391 e. The zero-order valence-electron chi connectivity index (χ0n) is 41.9. The fourth-order valence-corrected chi connectivity index (χ4v) is 10.7. The van der Waals surface area contributed by atoms with Crippen molar-refractivity contribution in [3.63, 3.8) is 0 Å². The van der Waals surface area contributed by atoms with E-state index in [0.717, 1.165) is 56.8 Å². The number of nitrogens with two attached hydrogens (primary N) is 2. The predicted octanol–water partition coefficient (Wildman–Crippen LogP) is 4.19. The van der Waals surface area contributed by atoms with Gasteiger partial charge in [0.05, 0.1) is 40.0 Å². The summed E-state index contributed by atoms with van der Waals surface area (Å²) in [5, 5.41) is 22.4. The molecular formula is C54H69N9O8S. The number of anilines is 1. The van der Waals surface area contributed by atoms with Gasteiger partial charge in [0.15, 0.2) is 0 Å². The lowest BCUT2D eigenvalue weighted by atomic mass is 9.85. The Morgan fingerprint density at radius 1 is 0.889 bits per heavy atom. The Balaban J connectivity index is 0.868. The molecule has 1 saturated heterocycles. The third-order valence-corrected chi connectivity index (χ3v) is 14.9. The third-order valence-electron chi connectivity index (χ3n) is 14.0. The van der Waals surface area contributed by atoms with Gasteiger partial charge in [-0.3, -0.25) is 38.5 Å². The van der Waals surface area contributed by atoms with Crippen LogP contribution in [-0.2, 0) is 59.4 Å². The Labute approximate surface area is 425 Å². The van der Waals surface area contributed by atoms with E-state index in [4.69, 9.17) is 11.5 Å². The maximum Gasteiger partial charge on any atom is 0.246 e. The van der Waals surface area contributed by atoms with Crippen molar-refractivity contribution in [3.8, 4) is 10.4 Å². The van der Waals surface area contributed by atoms with Crippen molar-refractivity contribution in [1.82, 2.24) is 31.2 Å². The van der Waals surface area contributed by atoms with Crippen LogP contribution in [0.25, 0.3) is 10.4 Å². The van der Waals surface area contributed by atoms with Crippen LogP contribution in [0.5, 0.6) is 0 Å². The molecule has 0 saturated carbocycles. The number of primary amides is 1. The molecule has 9 N–H and O–H groups in total. The maximum atomic E-state index is 14.2. The first-order valence-corrected chi connectivity index (χ1v) is 25.9. The number of amides is 7. The molecule has 3 aliphatic heterocycles. The van der Waals surface area contributed by atoms with Crippen LogP contribution in [0.2, 0.25) is 0 Å². The van der Waals surface area contributed by atoms with Crippen LogP contribution in [-0.4, -0.2) is 99.2 Å². The second kappa shape index (κ2) is 23.4. The molecule has 4 heterocycles. The van der Waals surface area contributed by atoms with Crippen molar-refractivity contribution in [3.05, 3.63) is 106 Å². The van der Waals surface area contributed by atoms with Gasteiger partial charge in [-0.2, -0.15) is 0 Å². The molecule has 7 atom stereocenters. The first-order valence-electron chi connectivity index (χ1n) is 25.0. The summed E-state index contributed by atoms with van der Waals surface area (Å²) in [4.78, 5) is 102. The van der Waals surface area contributed by atoms with Crippen molar-refractivity contribution < 1.29 is 38.7 Å². The molecule has 4 aromatic rings. The summed E-state index contributed by atoms with van der Waals surface area (Å²) in [6.07, 6.45) is 3.39. The molecule has 1 aromatic heterocycles. The predicted molar refractivity (Wildman–Crippen MR) is 275 cm³/mol. The molecule has 3 aromatic carbocycles. The van der Waals surface area contributed by atoms with Crippen LogP contribution in [0.15, 0.2) is 72.2 Å². The van der Waals surface area contributed by atoms with Crippen molar-refractivity contribution in [2.24, 2.45) is 16.9 Å². The number of aliphatic hydroxyl groups is 1. The Morgan fingerprint density at radius 2 is 1.60 bits per heavy atom. The number of carbonyl (C=O) groups is 7. The maximum absolute atomic E-state index is 14.2. The molecule has 384 valence electrons. The number of thiazole rings is 1. The molecule has 3 aliphatic rings. The number of β-amino-alcohol motifs (C(OH)–C–C–N with tert-alkyl or cyclic N) is 1. The molecule has 17 nitrogen and oxygen atoms in total. The molecule has 18 heteroatoms. The number of carbonyl (C=O) groups excluding carboxylic acids is 7. The number of unbranched alkanes of at least 4 members (excludes halogenated alkanes) is 2. The van der Waals surface area contributed by atoms with Gasteiger partial charge in [0.2, 0.25) is 41.4 Å². The molecule has 0 spiro atoms. The van der Waals surface area contributed by atoms with E-state index in [-0.39, 0.29) is 69.0 Å². The highest BCUT2D eigenvalue weighted by Crippen LogP contribution is 2.39. The zero-order valence-corrected chi connectivity index (χ0v) is 42.7. The SMILES string of the molecule is Cc1ncsc1-c1ccc([C@H](C)NC(=O)[C@@H]2C[C@@H](O)CN2C(=O)[C@@H](NC(=O)CCCCCc2cccc(CNC(=O)[C@H](CCC(N)=O)NC(=O)[C@@H]3Cc4cccc5c4N3C(=O)[C@@H](N)CC5)c2)C(C)(C)C)cc1. The number of nitrogens with one attached hydrogen (secondary N) is 4. The molecule has 1 fully saturated rings. The fourth-order valence-electron chi connectivity index (χ4n) is 9.93. The van der Waals surface area contributed by atoms with E-state index < -0.39 is 65.4 Å². The zero-order chi connectivity index (χ0) is 51.9. The van der Waals surface area contributed by atoms with Gasteiger partial charge in [-0.15, -0.1) is 11.3 Å². The number of rotatable bonds is 20. The third kappa shape index (κ3) is 12.9. The average molecular weight is 1000 g/mol. The summed E-state index contributed by atoms with van der Waals surface area (Å²) in [5.74, 6) is -3.03. The van der Waals surface area contributed by atoms with Crippen LogP contribution < -0.4 is 37.6 Å². The lowest BCUT2D eigenvalue weighted by Crippen LogP contribution is -2.57. The standard InChI is InChI=1S/C54H69N9O8S/c1-31(35-17-19-37(20-18-35)47-32(2)58-30-72-47)59-50(68)42-27-39(64)29-62(42)53(71)48(54(3,4)5)61-45(66)16-8-6-7-11-33-12-9-13-34(25-33)28-57-49(67)41(23-24-44(56)65)60-51(69)43-26-38-15-10-14-36-21-22-40(55)52(70)63(43)46(36)38/h9-10,12-15,17-20,25,30-31,39-43,48,64H,6-8,11,16,21-24,26-29,55H2,1-5H3,(H2,56,65)(H,57,67)(H,59,68)(H,60,69)(H,61,66)/t31-,39+,40-,41-,42-,43-,48+/m0/s1. The Kier molecular flexibility index (Phi) is 17.3. The number of hydrogen-bond acceptors (Lipinski definition) is 11. The van der Waals surface area contributed by atoms with Crippen LogP contribution in [0.4, 0.5) is 5.69 Å². The minimum absolute atomic E-state index is 0.0177. The second-order valence-corrected chi connectivity index (χ2v) is 21.4. The van der Waals surface area contributed by atoms with Crippen molar-refractivity contribution in [2.45, 2.75) is 154 Å². The second-order valence-electron chi connectivity index (χ2n) is 20.5. The van der Waals surface area contributed by atoms with Gasteiger partial charge >= 0.3 is 0 Å². The molecule has 7 amide bonds. The highest BCUT2D eigenvalue weighted by atomic mass is 32.1. The lowest BCUT2D eigenvalue weighted by molar-refractivity contribution is -0.144. The van der Waals surface area contributed by atoms with Gasteiger partial charge in [0.1, 0.15) is 24.2 Å². The number of benzene rings is 3. The van der Waals surface area contributed by atoms with Gasteiger partial charge in [0, 0.05) is 38.8 Å². The van der Waals surface area contributed by atoms with E-state index in [1.54, 1.807) is 11.3 Å². The lowest BCUT2D eigenvalue weighted by Gasteiger charge is -2.35. The van der Waals surface area contributed by atoms with Gasteiger partial charge in [-0.05, 0) is 91.2 Å². The number of likely N-dealkylation sites (tertiary alicyclic amines) is 1. The number of aryl methyl sites for hydroxylation is 3. The van der Waals surface area contributed by atoms with Crippen LogP contribution in [0.1, 0.15) is 119 Å². The van der Waals surface area contributed by atoms with E-state index in [0.29, 0.717) is 31.4 Å². The van der Waals surface area contributed by atoms with Gasteiger partial charge in [0.25, 0.3) is 0 Å². The van der Waals surface area contributed by atoms with Crippen molar-refractivity contribution in [1.29, 1.82) is 0 Å². The number of para-hydroxylation sites is 1. The summed E-state index contributed by atoms with van der Waals surface area (Å²) >= 11 is 1.57. The van der Waals surface area contributed by atoms with Crippen LogP contribution in [0.3, 0.4) is 0 Å². The molecule has 0 bridgehead atoms. The van der Waals surface area contributed by atoms with Crippen LogP contribution >= 0.6 is 11.3 Å². The van der Waals surface area contributed by atoms with Crippen molar-refractivity contribution >= 4 is 58.4 Å². The topological polar surface area (TPSA) is 259 Å². The van der Waals surface area contributed by atoms with Gasteiger partial charge in [-0.25, -0.2) is 4.98 Å². The van der Waals surface area contributed by atoms with E-state index in [1.165, 1.54) is 9.80 Å². The van der Waals surface area contributed by atoms with E-state index in [1.807, 2.05) is 107 Å². The highest BCUT2D eigenvalue weighted by Gasteiger charge is 2.46. The quantitative estimate of drug-likeness (QED) is 0.0622. The number of nitrogens with zero attached hydrogens (tertiary/aromatic N) is 3. The molecule has 0 radical (unpaired) electrons. The summed E-state index contributed by atoms with van der Waals surface area (Å²) in [7, 11) is 0. The van der Waals surface area contributed by atoms with E-state index in [2.05, 4.69) is 26.3 Å². The number of aromatic nitrogens is 1. The monoisotopic (exact) mass is 1000 g/mol. The van der Waals surface area contributed by atoms with Gasteiger partial charge < -0.3 is 42.7 Å². The normalized spacial score (nSPS) is 19.7. The van der Waals surface area contributed by atoms with E-state index >= 15 is 0 Å². The van der Waals surface area contributed by atoms with Crippen LogP contribution in [0, 0.1) is 12.3 Å². The highest BCUT2D eigenvalue weighted by molar-refractivity contribution is 7.13. The molecule has 7 rings (SSSR count). The molecule has 72 heavy (non-hydrogen) atoms. The molecular weight excluding hydrogens is 935 g/mol. The summed E-state index contributed by atoms with van der Waals surface area (Å²) in [6.45, 7) is 9.56. The van der Waals surface area contributed by atoms with Gasteiger partial charge in [-0.1, -0.05) is 93.9 Å². The minimum Gasteiger partial charge on any atom is -0.391 e. The summed E-state index contributed by atoms with van der Waals surface area (Å²) in [5.41, 5.74) is 20.0. The molecule has 0 unspecified atom stereocenters. The first-order chi connectivity index (χ1) is 34.3. The summed E-state index contributed by atoms with van der Waals surface area (Å²) in [6, 6.07) is 16.5.